The fourth-order valence-corrected chi connectivity index (χ4v) is 2.54. The minimum atomic E-state index is -1.04. The van der Waals surface area contributed by atoms with Gasteiger partial charge in [0, 0.05) is 21.7 Å². The molecule has 0 saturated heterocycles. The summed E-state index contributed by atoms with van der Waals surface area (Å²) >= 11 is 2.99. The van der Waals surface area contributed by atoms with Crippen LogP contribution in [0.4, 0.5) is 17.6 Å². The first-order chi connectivity index (χ1) is 9.93. The lowest BCUT2D eigenvalue weighted by Gasteiger charge is -2.21. The Morgan fingerprint density at radius 2 is 1.62 bits per heavy atom. The predicted octanol–water partition coefficient (Wildman–Crippen LogP) is 4.70. The van der Waals surface area contributed by atoms with E-state index < -0.39 is 29.3 Å². The van der Waals surface area contributed by atoms with Gasteiger partial charge < -0.3 is 5.32 Å². The van der Waals surface area contributed by atoms with Crippen LogP contribution < -0.4 is 5.32 Å². The lowest BCUT2D eigenvalue weighted by molar-refractivity contribution is 0.491. The topological polar surface area (TPSA) is 12.0 Å². The van der Waals surface area contributed by atoms with Crippen molar-refractivity contribution < 1.29 is 17.6 Å². The molecule has 112 valence electrons. The first kappa shape index (κ1) is 16.0. The normalized spacial score (nSPS) is 12.5. The van der Waals surface area contributed by atoms with Crippen molar-refractivity contribution in [3.63, 3.8) is 0 Å². The highest BCUT2D eigenvalue weighted by atomic mass is 79.9. The van der Waals surface area contributed by atoms with Crippen molar-refractivity contribution in [3.8, 4) is 0 Å². The standard InChI is InChI=1S/C15H12BrF4N/c1-2-21-15(10-4-3-9(17)7-11(10)18)14-12(19)5-8(16)6-13(14)20/h3-7,15,21H,2H2,1H3. The number of rotatable bonds is 4. The number of hydrogen-bond donors (Lipinski definition) is 1. The van der Waals surface area contributed by atoms with E-state index in [0.717, 1.165) is 18.2 Å². The molecule has 1 nitrogen and oxygen atoms in total. The monoisotopic (exact) mass is 361 g/mol. The Bertz CT molecular complexity index is 637. The molecular formula is C15H12BrF4N. The third-order valence-electron chi connectivity index (χ3n) is 3.01. The second-order valence-corrected chi connectivity index (χ2v) is 5.36. The van der Waals surface area contributed by atoms with Crippen LogP contribution in [0, 0.1) is 23.3 Å². The fraction of sp³-hybridized carbons (Fsp3) is 0.200. The first-order valence-corrected chi connectivity index (χ1v) is 7.06. The Balaban J connectivity index is 2.59. The maximum Gasteiger partial charge on any atom is 0.132 e. The van der Waals surface area contributed by atoms with Crippen LogP contribution in [0.3, 0.4) is 0 Å². The van der Waals surface area contributed by atoms with E-state index in [9.17, 15) is 17.6 Å². The molecule has 2 aromatic carbocycles. The van der Waals surface area contributed by atoms with E-state index in [0.29, 0.717) is 12.6 Å². The number of benzene rings is 2. The Kier molecular flexibility index (Phi) is 5.00. The van der Waals surface area contributed by atoms with Crippen molar-refractivity contribution in [2.45, 2.75) is 13.0 Å². The summed E-state index contributed by atoms with van der Waals surface area (Å²) in [5, 5.41) is 2.82. The van der Waals surface area contributed by atoms with Crippen LogP contribution in [-0.4, -0.2) is 6.54 Å². The lowest BCUT2D eigenvalue weighted by atomic mass is 9.97. The van der Waals surface area contributed by atoms with Crippen molar-refractivity contribution in [2.75, 3.05) is 6.54 Å². The zero-order chi connectivity index (χ0) is 15.6. The molecular weight excluding hydrogens is 350 g/mol. The molecule has 21 heavy (non-hydrogen) atoms. The van der Waals surface area contributed by atoms with Gasteiger partial charge in [0.2, 0.25) is 0 Å². The molecule has 0 heterocycles. The van der Waals surface area contributed by atoms with Crippen LogP contribution >= 0.6 is 15.9 Å². The molecule has 0 saturated carbocycles. The molecule has 0 fully saturated rings. The summed E-state index contributed by atoms with van der Waals surface area (Å²) in [7, 11) is 0. The zero-order valence-corrected chi connectivity index (χ0v) is 12.6. The SMILES string of the molecule is CCNC(c1ccc(F)cc1F)c1c(F)cc(Br)cc1F. The number of hydrogen-bond acceptors (Lipinski definition) is 1. The van der Waals surface area contributed by atoms with Gasteiger partial charge in [-0.2, -0.15) is 0 Å². The second kappa shape index (κ2) is 6.58. The first-order valence-electron chi connectivity index (χ1n) is 6.26. The highest BCUT2D eigenvalue weighted by Gasteiger charge is 2.24. The van der Waals surface area contributed by atoms with Crippen molar-refractivity contribution >= 4 is 15.9 Å². The van der Waals surface area contributed by atoms with E-state index in [4.69, 9.17) is 0 Å². The highest BCUT2D eigenvalue weighted by Crippen LogP contribution is 2.31. The van der Waals surface area contributed by atoms with Crippen LogP contribution in [0.1, 0.15) is 24.1 Å². The molecule has 0 bridgehead atoms. The third-order valence-corrected chi connectivity index (χ3v) is 3.47. The van der Waals surface area contributed by atoms with E-state index in [1.165, 1.54) is 6.07 Å². The molecule has 0 aliphatic rings. The van der Waals surface area contributed by atoms with Gasteiger partial charge in [-0.1, -0.05) is 28.9 Å². The molecule has 6 heteroatoms. The van der Waals surface area contributed by atoms with Gasteiger partial charge in [-0.15, -0.1) is 0 Å². The summed E-state index contributed by atoms with van der Waals surface area (Å²) in [4.78, 5) is 0. The number of halogens is 5. The van der Waals surface area contributed by atoms with E-state index >= 15 is 0 Å². The van der Waals surface area contributed by atoms with Gasteiger partial charge in [-0.05, 0) is 24.7 Å². The molecule has 1 unspecified atom stereocenters. The average molecular weight is 362 g/mol. The average Bonchev–Trinajstić information content (AvgIpc) is 2.37. The van der Waals surface area contributed by atoms with Crippen molar-refractivity contribution in [3.05, 3.63) is 69.2 Å². The summed E-state index contributed by atoms with van der Waals surface area (Å²) in [5.41, 5.74) is -0.316. The highest BCUT2D eigenvalue weighted by molar-refractivity contribution is 9.10. The van der Waals surface area contributed by atoms with E-state index in [2.05, 4.69) is 21.2 Å². The van der Waals surface area contributed by atoms with Crippen LogP contribution in [0.2, 0.25) is 0 Å². The van der Waals surface area contributed by atoms with Crippen LogP contribution in [0.25, 0.3) is 0 Å². The number of nitrogens with one attached hydrogen (secondary N) is 1. The van der Waals surface area contributed by atoms with E-state index in [-0.39, 0.29) is 15.6 Å². The minimum Gasteiger partial charge on any atom is -0.306 e. The van der Waals surface area contributed by atoms with Gasteiger partial charge in [0.05, 0.1) is 6.04 Å². The molecule has 1 atom stereocenters. The largest absolute Gasteiger partial charge is 0.306 e. The minimum absolute atomic E-state index is 0.0154. The summed E-state index contributed by atoms with van der Waals surface area (Å²) in [6, 6.07) is 4.09. The zero-order valence-electron chi connectivity index (χ0n) is 11.1. The Morgan fingerprint density at radius 3 is 2.14 bits per heavy atom. The van der Waals surface area contributed by atoms with E-state index in [1.807, 2.05) is 0 Å². The molecule has 0 aliphatic heterocycles. The maximum absolute atomic E-state index is 14.1. The quantitative estimate of drug-likeness (QED) is 0.778. The molecule has 0 spiro atoms. The van der Waals surface area contributed by atoms with Gasteiger partial charge in [0.25, 0.3) is 0 Å². The Morgan fingerprint density at radius 1 is 1.00 bits per heavy atom. The molecule has 0 aromatic heterocycles. The summed E-state index contributed by atoms with van der Waals surface area (Å²) in [6.45, 7) is 2.08. The fourth-order valence-electron chi connectivity index (χ4n) is 2.14. The molecule has 2 rings (SSSR count). The van der Waals surface area contributed by atoms with Crippen LogP contribution in [-0.2, 0) is 0 Å². The molecule has 0 amide bonds. The molecule has 0 radical (unpaired) electrons. The molecule has 1 N–H and O–H groups in total. The van der Waals surface area contributed by atoms with Crippen molar-refractivity contribution in [1.82, 2.24) is 5.32 Å². The Hall–Kier alpha value is -1.40. The third kappa shape index (κ3) is 3.44. The summed E-state index contributed by atoms with van der Waals surface area (Å²) in [6.07, 6.45) is 0. The summed E-state index contributed by atoms with van der Waals surface area (Å²) < 4.78 is 55.3. The van der Waals surface area contributed by atoms with Crippen molar-refractivity contribution in [1.29, 1.82) is 0 Å². The van der Waals surface area contributed by atoms with Crippen LogP contribution in [0.15, 0.2) is 34.8 Å². The Labute approximate surface area is 128 Å². The molecule has 2 aromatic rings. The maximum atomic E-state index is 14.1. The second-order valence-electron chi connectivity index (χ2n) is 4.44. The van der Waals surface area contributed by atoms with Gasteiger partial charge in [0.15, 0.2) is 0 Å². The summed E-state index contributed by atoms with van der Waals surface area (Å²) in [5.74, 6) is -3.22. The lowest BCUT2D eigenvalue weighted by Crippen LogP contribution is -2.25. The van der Waals surface area contributed by atoms with Crippen LogP contribution in [0.5, 0.6) is 0 Å². The van der Waals surface area contributed by atoms with Gasteiger partial charge in [-0.3, -0.25) is 0 Å². The smallest absolute Gasteiger partial charge is 0.132 e. The van der Waals surface area contributed by atoms with Gasteiger partial charge in [0.1, 0.15) is 23.3 Å². The van der Waals surface area contributed by atoms with Crippen molar-refractivity contribution in [2.24, 2.45) is 0 Å². The predicted molar refractivity (Wildman–Crippen MR) is 75.9 cm³/mol. The molecule has 0 aliphatic carbocycles. The van der Waals surface area contributed by atoms with Gasteiger partial charge >= 0.3 is 0 Å². The van der Waals surface area contributed by atoms with E-state index in [1.54, 1.807) is 6.92 Å². The van der Waals surface area contributed by atoms with Gasteiger partial charge in [-0.25, -0.2) is 17.6 Å².